The molecule has 1 amide bonds. The number of amides is 1. The van der Waals surface area contributed by atoms with E-state index < -0.39 is 5.92 Å². The standard InChI is InChI=1S/C12H23N3O2/c1-8-5-3-4-6-10(8)7-14-12(16)9(2)11(13)15-17/h8-10,17H,3-7H2,1-2H3,(H2,13,15)(H,14,16). The van der Waals surface area contributed by atoms with Gasteiger partial charge in [-0.1, -0.05) is 31.3 Å². The molecule has 1 aliphatic rings. The van der Waals surface area contributed by atoms with Gasteiger partial charge in [-0.3, -0.25) is 4.79 Å². The van der Waals surface area contributed by atoms with Crippen molar-refractivity contribution >= 4 is 11.7 Å². The molecule has 0 aromatic rings. The van der Waals surface area contributed by atoms with Crippen LogP contribution in [-0.4, -0.2) is 23.5 Å². The van der Waals surface area contributed by atoms with Crippen molar-refractivity contribution in [3.63, 3.8) is 0 Å². The van der Waals surface area contributed by atoms with Gasteiger partial charge in [0.25, 0.3) is 0 Å². The van der Waals surface area contributed by atoms with E-state index in [9.17, 15) is 4.79 Å². The van der Waals surface area contributed by atoms with Gasteiger partial charge in [0.1, 0.15) is 0 Å². The van der Waals surface area contributed by atoms with Crippen molar-refractivity contribution in [1.29, 1.82) is 0 Å². The fourth-order valence-corrected chi connectivity index (χ4v) is 2.30. The maximum absolute atomic E-state index is 11.7. The molecule has 0 aliphatic heterocycles. The lowest BCUT2D eigenvalue weighted by molar-refractivity contribution is -0.123. The SMILES string of the molecule is CC(C(=O)NCC1CCCCC1C)C(N)=NO. The van der Waals surface area contributed by atoms with Gasteiger partial charge in [-0.05, 0) is 25.2 Å². The van der Waals surface area contributed by atoms with E-state index in [1.807, 2.05) is 0 Å². The van der Waals surface area contributed by atoms with Gasteiger partial charge in [-0.15, -0.1) is 0 Å². The maximum atomic E-state index is 11.7. The zero-order valence-corrected chi connectivity index (χ0v) is 10.6. The summed E-state index contributed by atoms with van der Waals surface area (Å²) in [6.45, 7) is 4.57. The zero-order valence-electron chi connectivity index (χ0n) is 10.6. The largest absolute Gasteiger partial charge is 0.409 e. The van der Waals surface area contributed by atoms with Crippen LogP contribution in [0.2, 0.25) is 0 Å². The number of carbonyl (C=O) groups excluding carboxylic acids is 1. The summed E-state index contributed by atoms with van der Waals surface area (Å²) in [5.74, 6) is 0.451. The molecule has 5 nitrogen and oxygen atoms in total. The average Bonchev–Trinajstić information content (AvgIpc) is 2.35. The lowest BCUT2D eigenvalue weighted by Gasteiger charge is -2.29. The number of rotatable bonds is 4. The molecule has 5 heteroatoms. The second kappa shape index (κ2) is 6.47. The highest BCUT2D eigenvalue weighted by Crippen LogP contribution is 2.28. The first-order chi connectivity index (χ1) is 8.06. The third-order valence-electron chi connectivity index (χ3n) is 3.78. The minimum Gasteiger partial charge on any atom is -0.409 e. The van der Waals surface area contributed by atoms with Gasteiger partial charge in [-0.25, -0.2) is 0 Å². The number of nitrogens with one attached hydrogen (secondary N) is 1. The monoisotopic (exact) mass is 241 g/mol. The predicted octanol–water partition coefficient (Wildman–Crippen LogP) is 1.31. The molecule has 0 bridgehead atoms. The van der Waals surface area contributed by atoms with E-state index in [1.165, 1.54) is 25.7 Å². The summed E-state index contributed by atoms with van der Waals surface area (Å²) in [6.07, 6.45) is 4.97. The molecule has 98 valence electrons. The molecule has 0 heterocycles. The van der Waals surface area contributed by atoms with E-state index in [4.69, 9.17) is 10.9 Å². The van der Waals surface area contributed by atoms with Crippen LogP contribution < -0.4 is 11.1 Å². The molecule has 3 atom stereocenters. The Bertz CT molecular complexity index is 291. The summed E-state index contributed by atoms with van der Waals surface area (Å²) < 4.78 is 0. The Hall–Kier alpha value is -1.26. The Morgan fingerprint density at radius 3 is 2.76 bits per heavy atom. The molecular weight excluding hydrogens is 218 g/mol. The smallest absolute Gasteiger partial charge is 0.230 e. The van der Waals surface area contributed by atoms with E-state index in [0.717, 1.165) is 0 Å². The van der Waals surface area contributed by atoms with Crippen LogP contribution in [0.15, 0.2) is 5.16 Å². The highest BCUT2D eigenvalue weighted by Gasteiger charge is 2.23. The molecule has 4 N–H and O–H groups in total. The van der Waals surface area contributed by atoms with E-state index in [1.54, 1.807) is 6.92 Å². The third kappa shape index (κ3) is 3.91. The summed E-state index contributed by atoms with van der Waals surface area (Å²) in [7, 11) is 0. The van der Waals surface area contributed by atoms with E-state index in [2.05, 4.69) is 17.4 Å². The number of amidine groups is 1. The highest BCUT2D eigenvalue weighted by molar-refractivity contribution is 6.01. The number of oxime groups is 1. The van der Waals surface area contributed by atoms with E-state index >= 15 is 0 Å². The van der Waals surface area contributed by atoms with Gasteiger partial charge >= 0.3 is 0 Å². The van der Waals surface area contributed by atoms with Crippen LogP contribution in [0.4, 0.5) is 0 Å². The van der Waals surface area contributed by atoms with Crippen molar-refractivity contribution in [2.75, 3.05) is 6.54 Å². The summed E-state index contributed by atoms with van der Waals surface area (Å²) in [6, 6.07) is 0. The van der Waals surface area contributed by atoms with Crippen molar-refractivity contribution in [3.8, 4) is 0 Å². The molecule has 1 saturated carbocycles. The second-order valence-electron chi connectivity index (χ2n) is 5.01. The Balaban J connectivity index is 2.37. The predicted molar refractivity (Wildman–Crippen MR) is 66.7 cm³/mol. The van der Waals surface area contributed by atoms with Crippen LogP contribution in [0.1, 0.15) is 39.5 Å². The molecule has 1 fully saturated rings. The van der Waals surface area contributed by atoms with Gasteiger partial charge in [0.2, 0.25) is 5.91 Å². The minimum atomic E-state index is -0.570. The van der Waals surface area contributed by atoms with Crippen LogP contribution >= 0.6 is 0 Å². The molecule has 0 aromatic heterocycles. The quantitative estimate of drug-likeness (QED) is 0.300. The van der Waals surface area contributed by atoms with Crippen LogP contribution in [0, 0.1) is 17.8 Å². The summed E-state index contributed by atoms with van der Waals surface area (Å²) in [5, 5.41) is 14.2. The number of carbonyl (C=O) groups is 1. The summed E-state index contributed by atoms with van der Waals surface area (Å²) in [5.41, 5.74) is 5.39. The van der Waals surface area contributed by atoms with Crippen LogP contribution in [0.25, 0.3) is 0 Å². The maximum Gasteiger partial charge on any atom is 0.230 e. The van der Waals surface area contributed by atoms with Gasteiger partial charge in [0, 0.05) is 6.54 Å². The Kier molecular flexibility index (Phi) is 5.25. The number of hydrogen-bond donors (Lipinski definition) is 3. The lowest BCUT2D eigenvalue weighted by atomic mass is 9.80. The number of nitrogens with two attached hydrogens (primary N) is 1. The Labute approximate surface area is 102 Å². The molecule has 0 saturated heterocycles. The van der Waals surface area contributed by atoms with Crippen LogP contribution in [0.3, 0.4) is 0 Å². The Morgan fingerprint density at radius 1 is 1.53 bits per heavy atom. The third-order valence-corrected chi connectivity index (χ3v) is 3.78. The molecular formula is C12H23N3O2. The van der Waals surface area contributed by atoms with Gasteiger partial charge in [-0.2, -0.15) is 0 Å². The average molecular weight is 241 g/mol. The highest BCUT2D eigenvalue weighted by atomic mass is 16.4. The second-order valence-corrected chi connectivity index (χ2v) is 5.01. The number of hydrogen-bond acceptors (Lipinski definition) is 3. The fourth-order valence-electron chi connectivity index (χ4n) is 2.30. The van der Waals surface area contributed by atoms with Crippen molar-refractivity contribution in [3.05, 3.63) is 0 Å². The normalized spacial score (nSPS) is 27.5. The van der Waals surface area contributed by atoms with Gasteiger partial charge in [0.15, 0.2) is 5.84 Å². The molecule has 17 heavy (non-hydrogen) atoms. The molecule has 3 unspecified atom stereocenters. The first-order valence-corrected chi connectivity index (χ1v) is 6.31. The van der Waals surface area contributed by atoms with Crippen LogP contribution in [0.5, 0.6) is 0 Å². The fraction of sp³-hybridized carbons (Fsp3) is 0.833. The zero-order chi connectivity index (χ0) is 12.8. The van der Waals surface area contributed by atoms with E-state index in [-0.39, 0.29) is 11.7 Å². The first-order valence-electron chi connectivity index (χ1n) is 6.31. The lowest BCUT2D eigenvalue weighted by Crippen LogP contribution is -2.40. The molecule has 0 radical (unpaired) electrons. The Morgan fingerprint density at radius 2 is 2.18 bits per heavy atom. The van der Waals surface area contributed by atoms with Crippen LogP contribution in [-0.2, 0) is 4.79 Å². The molecule has 1 aliphatic carbocycles. The first kappa shape index (κ1) is 13.8. The van der Waals surface area contributed by atoms with Crippen molar-refractivity contribution in [2.45, 2.75) is 39.5 Å². The van der Waals surface area contributed by atoms with E-state index in [0.29, 0.717) is 18.4 Å². The van der Waals surface area contributed by atoms with Crippen molar-refractivity contribution in [1.82, 2.24) is 5.32 Å². The minimum absolute atomic E-state index is 0.0424. The molecule has 0 spiro atoms. The summed E-state index contributed by atoms with van der Waals surface area (Å²) >= 11 is 0. The molecule has 0 aromatic carbocycles. The number of nitrogens with zero attached hydrogens (tertiary/aromatic N) is 1. The van der Waals surface area contributed by atoms with Gasteiger partial charge in [0.05, 0.1) is 5.92 Å². The summed E-state index contributed by atoms with van der Waals surface area (Å²) in [4.78, 5) is 11.7. The molecule has 1 rings (SSSR count). The topological polar surface area (TPSA) is 87.7 Å². The van der Waals surface area contributed by atoms with Gasteiger partial charge < -0.3 is 16.3 Å². The van der Waals surface area contributed by atoms with Crippen molar-refractivity contribution < 1.29 is 10.0 Å². The van der Waals surface area contributed by atoms with Crippen molar-refractivity contribution in [2.24, 2.45) is 28.6 Å².